The average Bonchev–Trinajstić information content (AvgIpc) is 2.58. The van der Waals surface area contributed by atoms with Gasteiger partial charge in [0.15, 0.2) is 17.4 Å². The van der Waals surface area contributed by atoms with Crippen molar-refractivity contribution < 1.29 is 8.83 Å². The van der Waals surface area contributed by atoms with Crippen LogP contribution in [-0.4, -0.2) is 0 Å². The summed E-state index contributed by atoms with van der Waals surface area (Å²) in [6.07, 6.45) is 1.50. The maximum atomic E-state index is 5.59. The third-order valence-electron chi connectivity index (χ3n) is 1.55. The van der Waals surface area contributed by atoms with Gasteiger partial charge in [0, 0.05) is 12.1 Å². The molecule has 0 saturated carbocycles. The van der Waals surface area contributed by atoms with Gasteiger partial charge in [-0.25, -0.2) is 0 Å². The normalized spacial score (nSPS) is 10.3. The minimum atomic E-state index is 0.348. The number of rotatable bonds is 1. The van der Waals surface area contributed by atoms with Crippen LogP contribution in [0.5, 0.6) is 0 Å². The van der Waals surface area contributed by atoms with E-state index < -0.39 is 0 Å². The topological polar surface area (TPSA) is 78.3 Å². The Labute approximate surface area is 68.8 Å². The lowest BCUT2D eigenvalue weighted by Crippen LogP contribution is -1.82. The highest BCUT2D eigenvalue weighted by Gasteiger charge is 2.09. The van der Waals surface area contributed by atoms with Gasteiger partial charge >= 0.3 is 0 Å². The van der Waals surface area contributed by atoms with Crippen LogP contribution < -0.4 is 11.5 Å². The molecule has 0 fully saturated rings. The van der Waals surface area contributed by atoms with E-state index in [1.165, 1.54) is 6.26 Å². The number of anilines is 2. The van der Waals surface area contributed by atoms with Crippen LogP contribution in [0.3, 0.4) is 0 Å². The van der Waals surface area contributed by atoms with Gasteiger partial charge in [0.05, 0.1) is 12.0 Å². The van der Waals surface area contributed by atoms with Gasteiger partial charge < -0.3 is 20.3 Å². The highest BCUT2D eigenvalue weighted by atomic mass is 16.4. The molecular formula is C8H8N2O2. The number of nitrogen functional groups attached to an aromatic ring is 2. The fourth-order valence-electron chi connectivity index (χ4n) is 0.994. The minimum Gasteiger partial charge on any atom is -0.459 e. The average molecular weight is 164 g/mol. The van der Waals surface area contributed by atoms with Crippen molar-refractivity contribution in [3.05, 3.63) is 24.5 Å². The van der Waals surface area contributed by atoms with Gasteiger partial charge in [0.25, 0.3) is 0 Å². The summed E-state index contributed by atoms with van der Waals surface area (Å²) in [6.45, 7) is 0. The number of hydrogen-bond acceptors (Lipinski definition) is 4. The largest absolute Gasteiger partial charge is 0.459 e. The molecule has 0 atom stereocenters. The molecule has 0 aliphatic heterocycles. The molecule has 4 N–H and O–H groups in total. The van der Waals surface area contributed by atoms with E-state index in [1.54, 1.807) is 18.2 Å². The summed E-state index contributed by atoms with van der Waals surface area (Å²) in [4.78, 5) is 0. The maximum Gasteiger partial charge on any atom is 0.192 e. The molecule has 0 amide bonds. The van der Waals surface area contributed by atoms with Crippen molar-refractivity contribution in [2.75, 3.05) is 11.5 Å². The van der Waals surface area contributed by atoms with Crippen molar-refractivity contribution in [3.8, 4) is 11.5 Å². The second kappa shape index (κ2) is 2.34. The SMILES string of the molecule is Nc1ccc(-c2occc2N)o1. The summed E-state index contributed by atoms with van der Waals surface area (Å²) >= 11 is 0. The summed E-state index contributed by atoms with van der Waals surface area (Å²) in [5, 5.41) is 0. The molecule has 0 aliphatic rings. The summed E-state index contributed by atoms with van der Waals surface area (Å²) in [5.41, 5.74) is 11.5. The highest BCUT2D eigenvalue weighted by Crippen LogP contribution is 2.28. The van der Waals surface area contributed by atoms with Crippen LogP contribution >= 0.6 is 0 Å². The summed E-state index contributed by atoms with van der Waals surface area (Å²) < 4.78 is 10.2. The van der Waals surface area contributed by atoms with Gasteiger partial charge in [0.2, 0.25) is 0 Å². The zero-order valence-corrected chi connectivity index (χ0v) is 6.28. The number of hydrogen-bond donors (Lipinski definition) is 2. The van der Waals surface area contributed by atoms with E-state index in [4.69, 9.17) is 20.3 Å². The fourth-order valence-corrected chi connectivity index (χ4v) is 0.994. The van der Waals surface area contributed by atoms with Crippen molar-refractivity contribution >= 4 is 11.6 Å². The standard InChI is InChI=1S/C8H8N2O2/c9-5-3-4-11-8(5)6-1-2-7(10)12-6/h1-4H,9-10H2. The zero-order valence-electron chi connectivity index (χ0n) is 6.28. The molecular weight excluding hydrogens is 156 g/mol. The van der Waals surface area contributed by atoms with E-state index >= 15 is 0 Å². The third kappa shape index (κ3) is 0.934. The first-order chi connectivity index (χ1) is 5.77. The number of nitrogens with two attached hydrogens (primary N) is 2. The summed E-state index contributed by atoms with van der Waals surface area (Å²) in [5.74, 6) is 1.42. The second-order valence-corrected chi connectivity index (χ2v) is 2.41. The Balaban J connectivity index is 2.50. The van der Waals surface area contributed by atoms with E-state index in [2.05, 4.69) is 0 Å². The van der Waals surface area contributed by atoms with Crippen molar-refractivity contribution in [2.45, 2.75) is 0 Å². The van der Waals surface area contributed by atoms with Crippen LogP contribution in [-0.2, 0) is 0 Å². The minimum absolute atomic E-state index is 0.348. The van der Waals surface area contributed by atoms with Gasteiger partial charge in [0.1, 0.15) is 0 Å². The lowest BCUT2D eigenvalue weighted by Gasteiger charge is -1.91. The van der Waals surface area contributed by atoms with Gasteiger partial charge in [-0.3, -0.25) is 0 Å². The lowest BCUT2D eigenvalue weighted by atomic mass is 10.3. The Morgan fingerprint density at radius 2 is 1.92 bits per heavy atom. The Kier molecular flexibility index (Phi) is 1.33. The van der Waals surface area contributed by atoms with Crippen molar-refractivity contribution in [2.24, 2.45) is 0 Å². The smallest absolute Gasteiger partial charge is 0.192 e. The molecule has 0 spiro atoms. The molecule has 62 valence electrons. The second-order valence-electron chi connectivity index (χ2n) is 2.41. The first kappa shape index (κ1) is 6.84. The molecule has 0 aromatic carbocycles. The van der Waals surface area contributed by atoms with E-state index in [0.717, 1.165) is 0 Å². The van der Waals surface area contributed by atoms with Crippen LogP contribution in [0.2, 0.25) is 0 Å². The molecule has 0 radical (unpaired) electrons. The first-order valence-electron chi connectivity index (χ1n) is 3.46. The quantitative estimate of drug-likeness (QED) is 0.672. The monoisotopic (exact) mass is 164 g/mol. The van der Waals surface area contributed by atoms with Crippen LogP contribution in [0.1, 0.15) is 0 Å². The van der Waals surface area contributed by atoms with Crippen LogP contribution in [0, 0.1) is 0 Å². The molecule has 2 aromatic rings. The zero-order chi connectivity index (χ0) is 8.55. The van der Waals surface area contributed by atoms with E-state index in [-0.39, 0.29) is 0 Å². The fraction of sp³-hybridized carbons (Fsp3) is 0. The Bertz CT molecular complexity index is 389. The van der Waals surface area contributed by atoms with Gasteiger partial charge in [-0.1, -0.05) is 0 Å². The molecule has 0 unspecified atom stereocenters. The van der Waals surface area contributed by atoms with E-state index in [1.807, 2.05) is 0 Å². The summed E-state index contributed by atoms with van der Waals surface area (Å²) in [6, 6.07) is 5.02. The Morgan fingerprint density at radius 3 is 2.42 bits per heavy atom. The van der Waals surface area contributed by atoms with Crippen LogP contribution in [0.15, 0.2) is 33.3 Å². The van der Waals surface area contributed by atoms with Gasteiger partial charge in [-0.05, 0) is 6.07 Å². The van der Waals surface area contributed by atoms with E-state index in [0.29, 0.717) is 23.1 Å². The first-order valence-corrected chi connectivity index (χ1v) is 3.46. The number of furan rings is 2. The predicted octanol–water partition coefficient (Wildman–Crippen LogP) is 1.70. The van der Waals surface area contributed by atoms with Crippen molar-refractivity contribution in [1.29, 1.82) is 0 Å². The Hall–Kier alpha value is -1.84. The maximum absolute atomic E-state index is 5.59. The predicted molar refractivity (Wildman–Crippen MR) is 45.2 cm³/mol. The van der Waals surface area contributed by atoms with Crippen LogP contribution in [0.4, 0.5) is 11.6 Å². The van der Waals surface area contributed by atoms with Gasteiger partial charge in [-0.15, -0.1) is 0 Å². The van der Waals surface area contributed by atoms with E-state index in [9.17, 15) is 0 Å². The third-order valence-corrected chi connectivity index (χ3v) is 1.55. The molecule has 2 heterocycles. The van der Waals surface area contributed by atoms with Crippen molar-refractivity contribution in [1.82, 2.24) is 0 Å². The molecule has 4 nitrogen and oxygen atoms in total. The molecule has 0 saturated heterocycles. The summed E-state index contributed by atoms with van der Waals surface area (Å²) in [7, 11) is 0. The van der Waals surface area contributed by atoms with Crippen molar-refractivity contribution in [3.63, 3.8) is 0 Å². The highest BCUT2D eigenvalue weighted by molar-refractivity contribution is 5.67. The molecule has 0 bridgehead atoms. The molecule has 0 aliphatic carbocycles. The molecule has 2 rings (SSSR count). The van der Waals surface area contributed by atoms with Crippen LogP contribution in [0.25, 0.3) is 11.5 Å². The molecule has 4 heteroatoms. The molecule has 12 heavy (non-hydrogen) atoms. The van der Waals surface area contributed by atoms with Gasteiger partial charge in [-0.2, -0.15) is 0 Å². The Morgan fingerprint density at radius 1 is 1.08 bits per heavy atom. The molecule has 2 aromatic heterocycles. The lowest BCUT2D eigenvalue weighted by molar-refractivity contribution is 0.534.